The molecule has 0 aliphatic carbocycles. The molecule has 0 saturated carbocycles. The molecular formula is C13H12Cl3NO4. The van der Waals surface area contributed by atoms with Crippen molar-refractivity contribution in [3.05, 3.63) is 38.8 Å². The fourth-order valence-electron chi connectivity index (χ4n) is 1.32. The van der Waals surface area contributed by atoms with E-state index in [4.69, 9.17) is 44.3 Å². The van der Waals surface area contributed by atoms with Crippen LogP contribution in [-0.4, -0.2) is 30.0 Å². The van der Waals surface area contributed by atoms with Gasteiger partial charge in [0.15, 0.2) is 0 Å². The Morgan fingerprint density at radius 1 is 1.19 bits per heavy atom. The third-order valence-electron chi connectivity index (χ3n) is 2.24. The molecule has 0 aromatic carbocycles. The van der Waals surface area contributed by atoms with Gasteiger partial charge in [-0.15, -0.1) is 0 Å². The van der Waals surface area contributed by atoms with Gasteiger partial charge in [0, 0.05) is 0 Å². The van der Waals surface area contributed by atoms with Gasteiger partial charge in [-0.25, -0.2) is 9.78 Å². The average Bonchev–Trinajstić information content (AvgIpc) is 2.43. The maximum atomic E-state index is 12.4. The number of ketones is 1. The molecule has 0 aliphatic heterocycles. The van der Waals surface area contributed by atoms with Gasteiger partial charge in [-0.3, -0.25) is 4.79 Å². The summed E-state index contributed by atoms with van der Waals surface area (Å²) in [6.07, 6.45) is 1.03. The first-order valence-electron chi connectivity index (χ1n) is 5.97. The SMILES string of the molecule is CCO/C=C(\C(=O)OCC)C(=O)c1cc(Cl)c(Cl)nc1Cl. The normalized spacial score (nSPS) is 11.2. The number of halogens is 3. The van der Waals surface area contributed by atoms with Crippen molar-refractivity contribution in [3.8, 4) is 0 Å². The molecule has 114 valence electrons. The smallest absolute Gasteiger partial charge is 0.345 e. The number of rotatable bonds is 6. The summed E-state index contributed by atoms with van der Waals surface area (Å²) >= 11 is 17.4. The van der Waals surface area contributed by atoms with E-state index >= 15 is 0 Å². The zero-order valence-electron chi connectivity index (χ0n) is 11.3. The van der Waals surface area contributed by atoms with E-state index < -0.39 is 11.8 Å². The molecule has 1 heterocycles. The van der Waals surface area contributed by atoms with Crippen LogP contribution in [0.5, 0.6) is 0 Å². The van der Waals surface area contributed by atoms with Crippen molar-refractivity contribution in [2.24, 2.45) is 0 Å². The van der Waals surface area contributed by atoms with Gasteiger partial charge in [0.2, 0.25) is 5.78 Å². The van der Waals surface area contributed by atoms with Crippen LogP contribution in [0.4, 0.5) is 0 Å². The zero-order chi connectivity index (χ0) is 16.0. The third-order valence-corrected chi connectivity index (χ3v) is 3.20. The van der Waals surface area contributed by atoms with Gasteiger partial charge in [0.1, 0.15) is 22.1 Å². The number of Topliss-reactive ketones (excluding diaryl/α,β-unsaturated/α-hetero) is 1. The summed E-state index contributed by atoms with van der Waals surface area (Å²) in [7, 11) is 0. The largest absolute Gasteiger partial charge is 0.500 e. The van der Waals surface area contributed by atoms with E-state index in [9.17, 15) is 9.59 Å². The molecule has 0 saturated heterocycles. The van der Waals surface area contributed by atoms with E-state index in [1.165, 1.54) is 6.07 Å². The Labute approximate surface area is 136 Å². The Balaban J connectivity index is 3.23. The fraction of sp³-hybridized carbons (Fsp3) is 0.308. The van der Waals surface area contributed by atoms with Crippen LogP contribution < -0.4 is 0 Å². The molecule has 0 atom stereocenters. The van der Waals surface area contributed by atoms with E-state index in [-0.39, 0.29) is 39.7 Å². The molecule has 0 aliphatic rings. The number of hydrogen-bond acceptors (Lipinski definition) is 5. The van der Waals surface area contributed by atoms with Crippen LogP contribution in [0.3, 0.4) is 0 Å². The molecule has 21 heavy (non-hydrogen) atoms. The van der Waals surface area contributed by atoms with Crippen molar-refractivity contribution in [3.63, 3.8) is 0 Å². The number of nitrogens with zero attached hydrogens (tertiary/aromatic N) is 1. The van der Waals surface area contributed by atoms with Crippen molar-refractivity contribution < 1.29 is 19.1 Å². The van der Waals surface area contributed by atoms with Gasteiger partial charge < -0.3 is 9.47 Å². The fourth-order valence-corrected chi connectivity index (χ4v) is 1.88. The second-order valence-electron chi connectivity index (χ2n) is 3.64. The summed E-state index contributed by atoms with van der Waals surface area (Å²) in [6, 6.07) is 1.24. The van der Waals surface area contributed by atoms with E-state index in [2.05, 4.69) is 4.98 Å². The maximum absolute atomic E-state index is 12.4. The highest BCUT2D eigenvalue weighted by molar-refractivity contribution is 6.43. The molecule has 0 radical (unpaired) electrons. The van der Waals surface area contributed by atoms with Crippen LogP contribution in [0.25, 0.3) is 0 Å². The van der Waals surface area contributed by atoms with Crippen molar-refractivity contribution in [2.75, 3.05) is 13.2 Å². The zero-order valence-corrected chi connectivity index (χ0v) is 13.6. The molecular weight excluding hydrogens is 341 g/mol. The van der Waals surface area contributed by atoms with Crippen LogP contribution >= 0.6 is 34.8 Å². The lowest BCUT2D eigenvalue weighted by Crippen LogP contribution is -2.17. The van der Waals surface area contributed by atoms with E-state index in [0.717, 1.165) is 6.26 Å². The number of aromatic nitrogens is 1. The first-order chi connectivity index (χ1) is 9.92. The lowest BCUT2D eigenvalue weighted by molar-refractivity contribution is -0.138. The van der Waals surface area contributed by atoms with Crippen LogP contribution in [0.15, 0.2) is 17.9 Å². The number of pyridine rings is 1. The molecule has 0 unspecified atom stereocenters. The van der Waals surface area contributed by atoms with Gasteiger partial charge in [0.25, 0.3) is 0 Å². The highest BCUT2D eigenvalue weighted by Crippen LogP contribution is 2.27. The highest BCUT2D eigenvalue weighted by atomic mass is 35.5. The summed E-state index contributed by atoms with van der Waals surface area (Å²) in [5, 5.41) is -0.158. The molecule has 0 bridgehead atoms. The molecule has 5 nitrogen and oxygen atoms in total. The van der Waals surface area contributed by atoms with Gasteiger partial charge >= 0.3 is 5.97 Å². The highest BCUT2D eigenvalue weighted by Gasteiger charge is 2.25. The van der Waals surface area contributed by atoms with Crippen molar-refractivity contribution in [2.45, 2.75) is 13.8 Å². The average molecular weight is 353 g/mol. The number of carbonyl (C=O) groups is 2. The Morgan fingerprint density at radius 3 is 2.43 bits per heavy atom. The molecule has 0 fully saturated rings. The van der Waals surface area contributed by atoms with Crippen molar-refractivity contribution >= 4 is 46.6 Å². The molecule has 0 spiro atoms. The third kappa shape index (κ3) is 4.59. The van der Waals surface area contributed by atoms with Gasteiger partial charge in [-0.2, -0.15) is 0 Å². The summed E-state index contributed by atoms with van der Waals surface area (Å²) in [6.45, 7) is 3.72. The van der Waals surface area contributed by atoms with Crippen LogP contribution in [0.2, 0.25) is 15.3 Å². The van der Waals surface area contributed by atoms with Crippen LogP contribution in [-0.2, 0) is 14.3 Å². The summed E-state index contributed by atoms with van der Waals surface area (Å²) in [5.74, 6) is -1.53. The first-order valence-corrected chi connectivity index (χ1v) is 7.10. The van der Waals surface area contributed by atoms with E-state index in [0.29, 0.717) is 0 Å². The predicted octanol–water partition coefficient (Wildman–Crippen LogP) is 3.71. The summed E-state index contributed by atoms with van der Waals surface area (Å²) in [5.41, 5.74) is -0.370. The lowest BCUT2D eigenvalue weighted by Gasteiger charge is -2.08. The Kier molecular flexibility index (Phi) is 6.95. The molecule has 1 aromatic rings. The molecule has 1 rings (SSSR count). The molecule has 8 heteroatoms. The number of ether oxygens (including phenoxy) is 2. The standard InChI is InChI=1S/C13H12Cl3NO4/c1-3-20-6-8(13(19)21-4-2)10(18)7-5-9(14)12(16)17-11(7)15/h5-6H,3-4H2,1-2H3/b8-6-. The maximum Gasteiger partial charge on any atom is 0.345 e. The summed E-state index contributed by atoms with van der Waals surface area (Å²) in [4.78, 5) is 27.9. The second kappa shape index (κ2) is 8.22. The minimum atomic E-state index is -0.821. The Bertz CT molecular complexity index is 587. The number of esters is 1. The number of carbonyl (C=O) groups excluding carboxylic acids is 2. The number of hydrogen-bond donors (Lipinski definition) is 0. The molecule has 1 aromatic heterocycles. The Hall–Kier alpha value is -1.30. The molecule has 0 N–H and O–H groups in total. The van der Waals surface area contributed by atoms with Gasteiger partial charge in [0.05, 0.1) is 23.8 Å². The van der Waals surface area contributed by atoms with Gasteiger partial charge in [-0.1, -0.05) is 34.8 Å². The van der Waals surface area contributed by atoms with Crippen LogP contribution in [0, 0.1) is 0 Å². The quantitative estimate of drug-likeness (QED) is 0.148. The second-order valence-corrected chi connectivity index (χ2v) is 4.76. The first kappa shape index (κ1) is 17.8. The Morgan fingerprint density at radius 2 is 1.86 bits per heavy atom. The summed E-state index contributed by atoms with van der Waals surface area (Å²) < 4.78 is 9.80. The van der Waals surface area contributed by atoms with E-state index in [1.807, 2.05) is 0 Å². The molecule has 0 amide bonds. The monoisotopic (exact) mass is 351 g/mol. The lowest BCUT2D eigenvalue weighted by atomic mass is 10.1. The van der Waals surface area contributed by atoms with Crippen molar-refractivity contribution in [1.29, 1.82) is 0 Å². The minimum absolute atomic E-state index is 0.0373. The topological polar surface area (TPSA) is 65.5 Å². The minimum Gasteiger partial charge on any atom is -0.500 e. The van der Waals surface area contributed by atoms with Gasteiger partial charge in [-0.05, 0) is 19.9 Å². The van der Waals surface area contributed by atoms with Crippen LogP contribution in [0.1, 0.15) is 24.2 Å². The van der Waals surface area contributed by atoms with Crippen molar-refractivity contribution in [1.82, 2.24) is 4.98 Å². The predicted molar refractivity (Wildman–Crippen MR) is 79.9 cm³/mol. The van der Waals surface area contributed by atoms with E-state index in [1.54, 1.807) is 13.8 Å².